The molecule has 4 heteroatoms. The molecular formula is C15H20FN3. The molecule has 1 atom stereocenters. The number of hydrogen-bond acceptors (Lipinski definition) is 3. The van der Waals surface area contributed by atoms with Crippen LogP contribution in [0.5, 0.6) is 0 Å². The van der Waals surface area contributed by atoms with Gasteiger partial charge in [-0.2, -0.15) is 5.26 Å². The lowest BCUT2D eigenvalue weighted by Crippen LogP contribution is -2.39. The molecule has 2 N–H and O–H groups in total. The summed E-state index contributed by atoms with van der Waals surface area (Å²) in [4.78, 5) is 2.30. The van der Waals surface area contributed by atoms with Crippen molar-refractivity contribution in [1.82, 2.24) is 4.90 Å². The predicted octanol–water partition coefficient (Wildman–Crippen LogP) is 2.26. The summed E-state index contributed by atoms with van der Waals surface area (Å²) in [5, 5.41) is 8.84. The monoisotopic (exact) mass is 261 g/mol. The van der Waals surface area contributed by atoms with E-state index in [1.54, 1.807) is 6.07 Å². The summed E-state index contributed by atoms with van der Waals surface area (Å²) in [6.45, 7) is 4.75. The van der Waals surface area contributed by atoms with Gasteiger partial charge in [0.05, 0.1) is 11.6 Å². The molecule has 19 heavy (non-hydrogen) atoms. The van der Waals surface area contributed by atoms with Crippen LogP contribution in [0.15, 0.2) is 18.2 Å². The lowest BCUT2D eigenvalue weighted by atomic mass is 9.91. The third kappa shape index (κ3) is 3.76. The van der Waals surface area contributed by atoms with Gasteiger partial charge in [0, 0.05) is 12.6 Å². The van der Waals surface area contributed by atoms with Crippen LogP contribution in [-0.4, -0.2) is 24.0 Å². The molecule has 0 spiro atoms. The van der Waals surface area contributed by atoms with Gasteiger partial charge in [0.25, 0.3) is 0 Å². The van der Waals surface area contributed by atoms with Crippen molar-refractivity contribution >= 4 is 0 Å². The molecule has 1 aromatic carbocycles. The molecule has 0 bridgehead atoms. The van der Waals surface area contributed by atoms with E-state index in [4.69, 9.17) is 11.0 Å². The third-order valence-corrected chi connectivity index (χ3v) is 3.87. The standard InChI is InChI=1S/C15H20FN3/c1-11(18)14-2-4-19(5-3-14)10-13-6-12(9-17)7-15(16)8-13/h6-8,11,14H,2-5,10,18H2,1H3. The molecule has 0 aliphatic carbocycles. The third-order valence-electron chi connectivity index (χ3n) is 3.87. The summed E-state index contributed by atoms with van der Waals surface area (Å²) in [7, 11) is 0. The highest BCUT2D eigenvalue weighted by Crippen LogP contribution is 2.21. The van der Waals surface area contributed by atoms with E-state index in [9.17, 15) is 4.39 Å². The van der Waals surface area contributed by atoms with Gasteiger partial charge in [-0.1, -0.05) is 0 Å². The number of nitriles is 1. The van der Waals surface area contributed by atoms with Gasteiger partial charge in [0.15, 0.2) is 0 Å². The minimum Gasteiger partial charge on any atom is -0.328 e. The zero-order chi connectivity index (χ0) is 13.8. The number of benzene rings is 1. The normalized spacial score (nSPS) is 19.1. The summed E-state index contributed by atoms with van der Waals surface area (Å²) in [5.41, 5.74) is 7.18. The Kier molecular flexibility index (Phi) is 4.52. The Morgan fingerprint density at radius 1 is 1.42 bits per heavy atom. The van der Waals surface area contributed by atoms with Crippen LogP contribution >= 0.6 is 0 Å². The smallest absolute Gasteiger partial charge is 0.124 e. The highest BCUT2D eigenvalue weighted by Gasteiger charge is 2.21. The van der Waals surface area contributed by atoms with Crippen molar-refractivity contribution < 1.29 is 4.39 Å². The number of nitrogens with zero attached hydrogens (tertiary/aromatic N) is 2. The molecule has 1 aliphatic rings. The minimum absolute atomic E-state index is 0.251. The zero-order valence-electron chi connectivity index (χ0n) is 11.3. The van der Waals surface area contributed by atoms with Crippen molar-refractivity contribution in [2.45, 2.75) is 32.4 Å². The maximum absolute atomic E-state index is 13.4. The number of nitrogens with two attached hydrogens (primary N) is 1. The van der Waals surface area contributed by atoms with E-state index in [0.717, 1.165) is 31.5 Å². The van der Waals surface area contributed by atoms with Gasteiger partial charge in [-0.3, -0.25) is 4.90 Å². The molecular weight excluding hydrogens is 241 g/mol. The van der Waals surface area contributed by atoms with E-state index in [0.29, 0.717) is 18.0 Å². The van der Waals surface area contributed by atoms with Crippen molar-refractivity contribution in [3.05, 3.63) is 35.1 Å². The Labute approximate surface area is 113 Å². The van der Waals surface area contributed by atoms with Crippen molar-refractivity contribution in [3.63, 3.8) is 0 Å². The summed E-state index contributed by atoms with van der Waals surface area (Å²) < 4.78 is 13.4. The first-order valence-electron chi connectivity index (χ1n) is 6.76. The molecule has 3 nitrogen and oxygen atoms in total. The fourth-order valence-electron chi connectivity index (χ4n) is 2.70. The Balaban J connectivity index is 1.96. The van der Waals surface area contributed by atoms with E-state index in [1.165, 1.54) is 12.1 Å². The van der Waals surface area contributed by atoms with Crippen LogP contribution in [0.2, 0.25) is 0 Å². The molecule has 1 unspecified atom stereocenters. The zero-order valence-corrected chi connectivity index (χ0v) is 11.3. The van der Waals surface area contributed by atoms with Crippen LogP contribution in [0.25, 0.3) is 0 Å². The molecule has 1 aromatic rings. The fraction of sp³-hybridized carbons (Fsp3) is 0.533. The molecule has 0 amide bonds. The predicted molar refractivity (Wildman–Crippen MR) is 72.8 cm³/mol. The molecule has 1 aliphatic heterocycles. The average Bonchev–Trinajstić information content (AvgIpc) is 2.38. The molecule has 0 radical (unpaired) electrons. The number of hydrogen-bond donors (Lipinski definition) is 1. The van der Waals surface area contributed by atoms with Crippen molar-refractivity contribution in [1.29, 1.82) is 5.26 Å². The summed E-state index contributed by atoms with van der Waals surface area (Å²) in [6, 6.07) is 6.79. The summed E-state index contributed by atoms with van der Waals surface area (Å²) in [6.07, 6.45) is 2.19. The molecule has 0 aromatic heterocycles. The highest BCUT2D eigenvalue weighted by molar-refractivity contribution is 5.33. The van der Waals surface area contributed by atoms with Crippen LogP contribution in [0, 0.1) is 23.1 Å². The van der Waals surface area contributed by atoms with Gasteiger partial charge < -0.3 is 5.73 Å². The first-order valence-corrected chi connectivity index (χ1v) is 6.76. The maximum atomic E-state index is 13.4. The highest BCUT2D eigenvalue weighted by atomic mass is 19.1. The average molecular weight is 261 g/mol. The second-order valence-electron chi connectivity index (χ2n) is 5.43. The maximum Gasteiger partial charge on any atom is 0.124 e. The fourth-order valence-corrected chi connectivity index (χ4v) is 2.70. The topological polar surface area (TPSA) is 53.0 Å². The van der Waals surface area contributed by atoms with E-state index < -0.39 is 0 Å². The lowest BCUT2D eigenvalue weighted by Gasteiger charge is -2.33. The number of halogens is 1. The van der Waals surface area contributed by atoms with Gasteiger partial charge in [-0.05, 0) is 62.5 Å². The van der Waals surface area contributed by atoms with Gasteiger partial charge in [0.1, 0.15) is 5.82 Å². The van der Waals surface area contributed by atoms with Gasteiger partial charge in [0.2, 0.25) is 0 Å². The van der Waals surface area contributed by atoms with Crippen LogP contribution < -0.4 is 5.73 Å². The number of rotatable bonds is 3. The van der Waals surface area contributed by atoms with Gasteiger partial charge in [-0.15, -0.1) is 0 Å². The quantitative estimate of drug-likeness (QED) is 0.908. The van der Waals surface area contributed by atoms with Gasteiger partial charge >= 0.3 is 0 Å². The molecule has 0 saturated carbocycles. The Hall–Kier alpha value is -1.44. The van der Waals surface area contributed by atoms with Crippen molar-refractivity contribution in [2.24, 2.45) is 11.7 Å². The van der Waals surface area contributed by atoms with Crippen LogP contribution in [0.1, 0.15) is 30.9 Å². The molecule has 1 fully saturated rings. The van der Waals surface area contributed by atoms with E-state index in [-0.39, 0.29) is 11.9 Å². The number of likely N-dealkylation sites (tertiary alicyclic amines) is 1. The minimum atomic E-state index is -0.334. The van der Waals surface area contributed by atoms with E-state index in [2.05, 4.69) is 11.8 Å². The summed E-state index contributed by atoms with van der Waals surface area (Å²) >= 11 is 0. The molecule has 102 valence electrons. The second-order valence-corrected chi connectivity index (χ2v) is 5.43. The van der Waals surface area contributed by atoms with E-state index in [1.807, 2.05) is 6.07 Å². The van der Waals surface area contributed by atoms with E-state index >= 15 is 0 Å². The Morgan fingerprint density at radius 3 is 2.68 bits per heavy atom. The SMILES string of the molecule is CC(N)C1CCN(Cc2cc(F)cc(C#N)c2)CC1. The lowest BCUT2D eigenvalue weighted by molar-refractivity contribution is 0.165. The second kappa shape index (κ2) is 6.14. The molecule has 1 saturated heterocycles. The first kappa shape index (κ1) is 14.0. The Bertz CT molecular complexity index is 471. The molecule has 2 rings (SSSR count). The van der Waals surface area contributed by atoms with Crippen molar-refractivity contribution in [3.8, 4) is 6.07 Å². The van der Waals surface area contributed by atoms with Crippen molar-refractivity contribution in [2.75, 3.05) is 13.1 Å². The van der Waals surface area contributed by atoms with Crippen LogP contribution in [-0.2, 0) is 6.54 Å². The largest absolute Gasteiger partial charge is 0.328 e. The van der Waals surface area contributed by atoms with Gasteiger partial charge in [-0.25, -0.2) is 4.39 Å². The molecule has 1 heterocycles. The first-order chi connectivity index (χ1) is 9.08. The number of piperidine rings is 1. The Morgan fingerprint density at radius 2 is 2.11 bits per heavy atom. The van der Waals surface area contributed by atoms with Crippen LogP contribution in [0.3, 0.4) is 0 Å². The summed E-state index contributed by atoms with van der Waals surface area (Å²) in [5.74, 6) is 0.262. The van der Waals surface area contributed by atoms with Crippen LogP contribution in [0.4, 0.5) is 4.39 Å².